The summed E-state index contributed by atoms with van der Waals surface area (Å²) in [6.45, 7) is -0.497. The molecule has 2 N–H and O–H groups in total. The number of aliphatic imine (C=N–C) groups is 1. The van der Waals surface area contributed by atoms with E-state index in [1.54, 1.807) is 43.5 Å². The summed E-state index contributed by atoms with van der Waals surface area (Å²) in [6.07, 6.45) is 1.67. The van der Waals surface area contributed by atoms with E-state index in [0.29, 0.717) is 27.1 Å². The molecule has 1 amide bonds. The van der Waals surface area contributed by atoms with Gasteiger partial charge < -0.3 is 19.7 Å². The molecular weight excluding hydrogens is 424 g/mol. The summed E-state index contributed by atoms with van der Waals surface area (Å²) >= 11 is 1.18. The molecule has 1 aliphatic heterocycles. The zero-order chi connectivity index (χ0) is 22.5. The molecule has 9 nitrogen and oxygen atoms in total. The number of nitrogens with zero attached hydrogens (tertiary/aromatic N) is 2. The molecule has 160 valence electrons. The number of carboxylic acids is 2. The molecular formula is C21H18N2O7S. The van der Waals surface area contributed by atoms with E-state index in [1.807, 2.05) is 0 Å². The number of amides is 1. The molecule has 31 heavy (non-hydrogen) atoms. The first kappa shape index (κ1) is 21.9. The summed E-state index contributed by atoms with van der Waals surface area (Å²) in [5.41, 5.74) is 1.34. The number of carbonyl (C=O) groups is 3. The Morgan fingerprint density at radius 3 is 2.45 bits per heavy atom. The van der Waals surface area contributed by atoms with Crippen LogP contribution in [-0.2, 0) is 9.59 Å². The summed E-state index contributed by atoms with van der Waals surface area (Å²) < 4.78 is 10.4. The lowest BCUT2D eigenvalue weighted by Crippen LogP contribution is -2.23. The molecule has 0 aromatic heterocycles. The zero-order valence-corrected chi connectivity index (χ0v) is 17.4. The molecule has 2 aromatic rings. The van der Waals surface area contributed by atoms with Crippen molar-refractivity contribution in [3.05, 3.63) is 58.5 Å². The fraction of sp³-hybridized carbons (Fsp3) is 0.143. The standard InChI is InChI=1S/C21H18N2O7S/c1-23-19(26)17(31-21(23)22-14-6-4-13(5-7-14)20(27)28)10-12-3-8-15(16(9-12)29-2)30-11-18(24)25/h3-10H,11H2,1-2H3,(H,24,25)(H,27,28)/b17-10+,22-21?. The van der Waals surface area contributed by atoms with Gasteiger partial charge in [0.2, 0.25) is 0 Å². The van der Waals surface area contributed by atoms with Crippen molar-refractivity contribution in [3.63, 3.8) is 0 Å². The van der Waals surface area contributed by atoms with Crippen LogP contribution < -0.4 is 9.47 Å². The van der Waals surface area contributed by atoms with Crippen LogP contribution in [0.25, 0.3) is 6.08 Å². The van der Waals surface area contributed by atoms with E-state index in [-0.39, 0.29) is 17.2 Å². The van der Waals surface area contributed by atoms with Gasteiger partial charge in [-0.05, 0) is 59.8 Å². The first-order valence-corrected chi connectivity index (χ1v) is 9.72. The van der Waals surface area contributed by atoms with Crippen molar-refractivity contribution in [1.29, 1.82) is 0 Å². The Morgan fingerprint density at radius 1 is 1.13 bits per heavy atom. The van der Waals surface area contributed by atoms with Gasteiger partial charge in [0.1, 0.15) is 0 Å². The second kappa shape index (κ2) is 9.35. The first-order chi connectivity index (χ1) is 14.8. The van der Waals surface area contributed by atoms with Crippen molar-refractivity contribution in [1.82, 2.24) is 4.90 Å². The average molecular weight is 442 g/mol. The Hall–Kier alpha value is -3.79. The molecule has 10 heteroatoms. The molecule has 0 aliphatic carbocycles. The number of carbonyl (C=O) groups excluding carboxylic acids is 1. The molecule has 2 aromatic carbocycles. The van der Waals surface area contributed by atoms with E-state index in [0.717, 1.165) is 0 Å². The summed E-state index contributed by atoms with van der Waals surface area (Å²) in [5.74, 6) is -1.75. The average Bonchev–Trinajstić information content (AvgIpc) is 3.00. The Bertz CT molecular complexity index is 1090. The van der Waals surface area contributed by atoms with Crippen molar-refractivity contribution in [2.45, 2.75) is 0 Å². The highest BCUT2D eigenvalue weighted by molar-refractivity contribution is 8.18. The van der Waals surface area contributed by atoms with Gasteiger partial charge in [-0.1, -0.05) is 6.07 Å². The van der Waals surface area contributed by atoms with Gasteiger partial charge in [0.05, 0.1) is 23.3 Å². The third-order valence-corrected chi connectivity index (χ3v) is 5.24. The maximum atomic E-state index is 12.6. The highest BCUT2D eigenvalue weighted by Crippen LogP contribution is 2.35. The number of aliphatic carboxylic acids is 1. The van der Waals surface area contributed by atoms with Gasteiger partial charge in [-0.2, -0.15) is 0 Å². The number of carboxylic acid groups (broad SMARTS) is 2. The minimum atomic E-state index is -1.10. The van der Waals surface area contributed by atoms with Gasteiger partial charge >= 0.3 is 11.9 Å². The summed E-state index contributed by atoms with van der Waals surface area (Å²) in [4.78, 5) is 40.5. The van der Waals surface area contributed by atoms with Crippen molar-refractivity contribution >= 4 is 46.5 Å². The van der Waals surface area contributed by atoms with Crippen LogP contribution in [0.15, 0.2) is 52.4 Å². The van der Waals surface area contributed by atoms with Gasteiger partial charge in [0.15, 0.2) is 23.3 Å². The van der Waals surface area contributed by atoms with E-state index in [2.05, 4.69) is 4.99 Å². The van der Waals surface area contributed by atoms with Crippen LogP contribution in [0.4, 0.5) is 5.69 Å². The van der Waals surface area contributed by atoms with Crippen LogP contribution in [0.5, 0.6) is 11.5 Å². The monoisotopic (exact) mass is 442 g/mol. The Kier molecular flexibility index (Phi) is 6.61. The number of ether oxygens (including phenoxy) is 2. The number of benzene rings is 2. The second-order valence-electron chi connectivity index (χ2n) is 6.31. The summed E-state index contributed by atoms with van der Waals surface area (Å²) in [7, 11) is 3.04. The van der Waals surface area contributed by atoms with Gasteiger partial charge in [-0.25, -0.2) is 14.6 Å². The topological polar surface area (TPSA) is 126 Å². The molecule has 0 bridgehead atoms. The lowest BCUT2D eigenvalue weighted by molar-refractivity contribution is -0.139. The molecule has 1 saturated heterocycles. The lowest BCUT2D eigenvalue weighted by atomic mass is 10.2. The normalized spacial score (nSPS) is 16.1. The molecule has 0 atom stereocenters. The number of methoxy groups -OCH3 is 1. The number of likely N-dealkylation sites (N-methyl/N-ethyl adjacent to an activating group) is 1. The number of amidine groups is 1. The summed E-state index contributed by atoms with van der Waals surface area (Å²) in [6, 6.07) is 10.9. The predicted octanol–water partition coefficient (Wildman–Crippen LogP) is 3.09. The molecule has 0 saturated carbocycles. The van der Waals surface area contributed by atoms with E-state index < -0.39 is 18.5 Å². The maximum Gasteiger partial charge on any atom is 0.341 e. The lowest BCUT2D eigenvalue weighted by Gasteiger charge is -2.09. The van der Waals surface area contributed by atoms with E-state index in [4.69, 9.17) is 19.7 Å². The maximum absolute atomic E-state index is 12.6. The fourth-order valence-electron chi connectivity index (χ4n) is 2.62. The fourth-order valence-corrected chi connectivity index (χ4v) is 3.61. The number of rotatable bonds is 7. The third-order valence-electron chi connectivity index (χ3n) is 4.18. The van der Waals surface area contributed by atoms with Crippen LogP contribution >= 0.6 is 11.8 Å². The first-order valence-electron chi connectivity index (χ1n) is 8.90. The van der Waals surface area contributed by atoms with Gasteiger partial charge in [0.25, 0.3) is 5.91 Å². The van der Waals surface area contributed by atoms with E-state index in [1.165, 1.54) is 35.9 Å². The number of thioether (sulfide) groups is 1. The molecule has 0 radical (unpaired) electrons. The smallest absolute Gasteiger partial charge is 0.341 e. The van der Waals surface area contributed by atoms with Crippen molar-refractivity contribution in [2.24, 2.45) is 4.99 Å². The van der Waals surface area contributed by atoms with Gasteiger partial charge in [-0.3, -0.25) is 9.69 Å². The molecule has 0 spiro atoms. The molecule has 0 unspecified atom stereocenters. The van der Waals surface area contributed by atoms with Gasteiger partial charge in [-0.15, -0.1) is 0 Å². The van der Waals surface area contributed by atoms with Crippen LogP contribution in [0, 0.1) is 0 Å². The Labute approximate surface area is 181 Å². The summed E-state index contributed by atoms with van der Waals surface area (Å²) in [5, 5.41) is 18.2. The number of hydrogen-bond donors (Lipinski definition) is 2. The molecule has 1 heterocycles. The van der Waals surface area contributed by atoms with Crippen LogP contribution in [0.2, 0.25) is 0 Å². The minimum Gasteiger partial charge on any atom is -0.493 e. The highest BCUT2D eigenvalue weighted by Gasteiger charge is 2.30. The van der Waals surface area contributed by atoms with Gasteiger partial charge in [0, 0.05) is 7.05 Å². The molecule has 3 rings (SSSR count). The largest absolute Gasteiger partial charge is 0.493 e. The number of aromatic carboxylic acids is 1. The van der Waals surface area contributed by atoms with E-state index >= 15 is 0 Å². The van der Waals surface area contributed by atoms with Crippen LogP contribution in [0.3, 0.4) is 0 Å². The Morgan fingerprint density at radius 2 is 1.84 bits per heavy atom. The van der Waals surface area contributed by atoms with Crippen LogP contribution in [0.1, 0.15) is 15.9 Å². The van der Waals surface area contributed by atoms with Crippen molar-refractivity contribution in [3.8, 4) is 11.5 Å². The minimum absolute atomic E-state index is 0.151. The third kappa shape index (κ3) is 5.23. The predicted molar refractivity (Wildman–Crippen MR) is 115 cm³/mol. The highest BCUT2D eigenvalue weighted by atomic mass is 32.2. The SMILES string of the molecule is COc1cc(/C=C2/SC(=Nc3ccc(C(=O)O)cc3)N(C)C2=O)ccc1OCC(=O)O. The van der Waals surface area contributed by atoms with E-state index in [9.17, 15) is 14.4 Å². The zero-order valence-electron chi connectivity index (χ0n) is 16.6. The van der Waals surface area contributed by atoms with Crippen LogP contribution in [-0.4, -0.2) is 58.9 Å². The molecule has 1 fully saturated rings. The van der Waals surface area contributed by atoms with Crippen molar-refractivity contribution in [2.75, 3.05) is 20.8 Å². The Balaban J connectivity index is 1.82. The quantitative estimate of drug-likeness (QED) is 0.627. The second-order valence-corrected chi connectivity index (χ2v) is 7.32. The number of hydrogen-bond acceptors (Lipinski definition) is 7. The van der Waals surface area contributed by atoms with Crippen molar-refractivity contribution < 1.29 is 34.1 Å². The molecule has 1 aliphatic rings.